The van der Waals surface area contributed by atoms with Crippen molar-refractivity contribution < 1.29 is 23.7 Å². The minimum absolute atomic E-state index is 0.167. The number of rotatable bonds is 11. The van der Waals surface area contributed by atoms with E-state index in [9.17, 15) is 9.59 Å². The topological polar surface area (TPSA) is 88.4 Å². The number of esters is 1. The number of nitrogens with zero attached hydrogens (tertiary/aromatic N) is 2. The van der Waals surface area contributed by atoms with Crippen LogP contribution in [0.3, 0.4) is 0 Å². The van der Waals surface area contributed by atoms with Crippen molar-refractivity contribution in [2.75, 3.05) is 26.9 Å². The summed E-state index contributed by atoms with van der Waals surface area (Å²) in [5.74, 6) is 0.936. The Morgan fingerprint density at radius 3 is 2.48 bits per heavy atom. The molecule has 0 radical (unpaired) electrons. The van der Waals surface area contributed by atoms with Gasteiger partial charge in [-0.3, -0.25) is 9.36 Å². The Hall–Kier alpha value is -4.60. The van der Waals surface area contributed by atoms with E-state index in [0.29, 0.717) is 55.0 Å². The summed E-state index contributed by atoms with van der Waals surface area (Å²) in [5.41, 5.74) is 2.48. The normalized spacial score (nSPS) is 14.5. The van der Waals surface area contributed by atoms with Gasteiger partial charge in [0, 0.05) is 5.56 Å². The van der Waals surface area contributed by atoms with Gasteiger partial charge in [0.1, 0.15) is 12.4 Å². The molecular weight excluding hydrogens is 600 g/mol. The first-order valence-corrected chi connectivity index (χ1v) is 15.2. The monoisotopic (exact) mass is 630 g/mol. The number of ether oxygens (including phenoxy) is 4. The molecule has 5 rings (SSSR count). The molecule has 10 heteroatoms. The standard InChI is InChI=1S/C34H31ClN2O6S/c1-5-17-43-31-25(35)18-21(19-26(31)40-4)20-27-32(38)37-30(23-13-15-24(16-14-23)41-6-2)28(33(39)42-7-3)29(36-34(37)44-27)22-11-9-8-10-12-22/h5,8-16,18-20,30H,1,6-7,17H2,2-4H3/b27-20-/t30-/m1/s1. The first-order chi connectivity index (χ1) is 21.4. The Labute approximate surface area is 263 Å². The fourth-order valence-corrected chi connectivity index (χ4v) is 6.20. The summed E-state index contributed by atoms with van der Waals surface area (Å²) in [6, 6.07) is 19.4. The molecule has 44 heavy (non-hydrogen) atoms. The number of hydrogen-bond acceptors (Lipinski definition) is 8. The van der Waals surface area contributed by atoms with Gasteiger partial charge in [-0.15, -0.1) is 0 Å². The van der Waals surface area contributed by atoms with E-state index in [1.807, 2.05) is 61.5 Å². The summed E-state index contributed by atoms with van der Waals surface area (Å²) in [5, 5.41) is 0.327. The van der Waals surface area contributed by atoms with E-state index in [0.717, 1.165) is 5.56 Å². The number of aromatic nitrogens is 1. The maximum Gasteiger partial charge on any atom is 0.338 e. The van der Waals surface area contributed by atoms with Gasteiger partial charge in [0.2, 0.25) is 0 Å². The molecule has 1 aliphatic heterocycles. The smallest absolute Gasteiger partial charge is 0.338 e. The largest absolute Gasteiger partial charge is 0.494 e. The maximum absolute atomic E-state index is 14.2. The summed E-state index contributed by atoms with van der Waals surface area (Å²) in [4.78, 5) is 33.1. The number of hydrogen-bond donors (Lipinski definition) is 0. The summed E-state index contributed by atoms with van der Waals surface area (Å²) >= 11 is 7.76. The number of carbonyl (C=O) groups is 1. The van der Waals surface area contributed by atoms with Gasteiger partial charge in [-0.05, 0) is 55.3 Å². The predicted octanol–water partition coefficient (Wildman–Crippen LogP) is 5.56. The molecule has 0 unspecified atom stereocenters. The zero-order chi connectivity index (χ0) is 31.2. The fourth-order valence-electron chi connectivity index (χ4n) is 4.93. The molecule has 1 aromatic heterocycles. The lowest BCUT2D eigenvalue weighted by molar-refractivity contribution is -0.138. The lowest BCUT2D eigenvalue weighted by Gasteiger charge is -2.26. The van der Waals surface area contributed by atoms with Gasteiger partial charge < -0.3 is 18.9 Å². The van der Waals surface area contributed by atoms with Gasteiger partial charge in [0.05, 0.1) is 47.2 Å². The first-order valence-electron chi connectivity index (χ1n) is 14.0. The van der Waals surface area contributed by atoms with Crippen LogP contribution in [0.25, 0.3) is 11.8 Å². The molecule has 0 spiro atoms. The number of methoxy groups -OCH3 is 1. The molecule has 2 heterocycles. The Kier molecular flexibility index (Phi) is 9.67. The molecule has 226 valence electrons. The molecule has 8 nitrogen and oxygen atoms in total. The van der Waals surface area contributed by atoms with Crippen molar-refractivity contribution in [2.24, 2.45) is 4.99 Å². The summed E-state index contributed by atoms with van der Waals surface area (Å²) in [6.45, 7) is 8.25. The van der Waals surface area contributed by atoms with Crippen molar-refractivity contribution >= 4 is 40.7 Å². The highest BCUT2D eigenvalue weighted by atomic mass is 35.5. The van der Waals surface area contributed by atoms with Gasteiger partial charge in [0.15, 0.2) is 16.3 Å². The Bertz CT molecular complexity index is 1890. The molecule has 1 aliphatic rings. The first kappa shape index (κ1) is 30.8. The lowest BCUT2D eigenvalue weighted by atomic mass is 9.93. The molecule has 0 saturated carbocycles. The highest BCUT2D eigenvalue weighted by molar-refractivity contribution is 7.07. The van der Waals surface area contributed by atoms with Crippen molar-refractivity contribution in [1.82, 2.24) is 4.57 Å². The van der Waals surface area contributed by atoms with Crippen LogP contribution in [0.4, 0.5) is 0 Å². The van der Waals surface area contributed by atoms with Gasteiger partial charge in [-0.2, -0.15) is 0 Å². The summed E-state index contributed by atoms with van der Waals surface area (Å²) < 4.78 is 24.3. The van der Waals surface area contributed by atoms with Crippen molar-refractivity contribution in [3.8, 4) is 17.2 Å². The van der Waals surface area contributed by atoms with Gasteiger partial charge in [0.25, 0.3) is 5.56 Å². The van der Waals surface area contributed by atoms with Gasteiger partial charge in [-0.25, -0.2) is 9.79 Å². The van der Waals surface area contributed by atoms with Crippen LogP contribution < -0.4 is 29.1 Å². The number of carbonyl (C=O) groups excluding carboxylic acids is 1. The van der Waals surface area contributed by atoms with Crippen molar-refractivity contribution in [2.45, 2.75) is 19.9 Å². The van der Waals surface area contributed by atoms with E-state index < -0.39 is 12.0 Å². The average Bonchev–Trinajstić information content (AvgIpc) is 3.34. The van der Waals surface area contributed by atoms with Crippen LogP contribution in [0.1, 0.15) is 36.6 Å². The van der Waals surface area contributed by atoms with E-state index >= 15 is 0 Å². The van der Waals surface area contributed by atoms with Crippen molar-refractivity contribution in [1.29, 1.82) is 0 Å². The Balaban J connectivity index is 1.75. The molecule has 0 aliphatic carbocycles. The minimum Gasteiger partial charge on any atom is -0.494 e. The molecule has 0 fully saturated rings. The quantitative estimate of drug-likeness (QED) is 0.159. The predicted molar refractivity (Wildman–Crippen MR) is 172 cm³/mol. The van der Waals surface area contributed by atoms with Crippen LogP contribution in [0.5, 0.6) is 17.2 Å². The average molecular weight is 631 g/mol. The van der Waals surface area contributed by atoms with Crippen LogP contribution in [0.15, 0.2) is 94.7 Å². The van der Waals surface area contributed by atoms with E-state index in [2.05, 4.69) is 6.58 Å². The third-order valence-electron chi connectivity index (χ3n) is 6.78. The zero-order valence-corrected chi connectivity index (χ0v) is 26.1. The molecular formula is C34H31ClN2O6S. The zero-order valence-electron chi connectivity index (χ0n) is 24.5. The number of benzene rings is 3. The number of thiazole rings is 1. The van der Waals surface area contributed by atoms with E-state index in [4.69, 9.17) is 35.5 Å². The fraction of sp³-hybridized carbons (Fsp3) is 0.206. The second kappa shape index (κ2) is 13.8. The van der Waals surface area contributed by atoms with Crippen molar-refractivity contribution in [3.05, 3.63) is 126 Å². The van der Waals surface area contributed by atoms with Crippen molar-refractivity contribution in [3.63, 3.8) is 0 Å². The third kappa shape index (κ3) is 6.20. The second-order valence-corrected chi connectivity index (χ2v) is 11.0. The highest BCUT2D eigenvalue weighted by Gasteiger charge is 2.35. The minimum atomic E-state index is -0.800. The van der Waals surface area contributed by atoms with Crippen LogP contribution >= 0.6 is 22.9 Å². The molecule has 0 saturated heterocycles. The van der Waals surface area contributed by atoms with Crippen LogP contribution in [-0.4, -0.2) is 37.5 Å². The second-order valence-electron chi connectivity index (χ2n) is 9.57. The Morgan fingerprint density at radius 2 is 1.82 bits per heavy atom. The Morgan fingerprint density at radius 1 is 1.07 bits per heavy atom. The van der Waals surface area contributed by atoms with Crippen LogP contribution in [0, 0.1) is 0 Å². The SMILES string of the molecule is C=CCOc1c(Cl)cc(/C=c2\sc3n(c2=O)[C@H](c2ccc(OCC)cc2)C(C(=O)OCC)=C(c2ccccc2)N=3)cc1OC. The summed E-state index contributed by atoms with van der Waals surface area (Å²) in [6.07, 6.45) is 3.33. The van der Waals surface area contributed by atoms with E-state index in [1.165, 1.54) is 18.4 Å². The van der Waals surface area contributed by atoms with Crippen LogP contribution in [-0.2, 0) is 9.53 Å². The van der Waals surface area contributed by atoms with Gasteiger partial charge >= 0.3 is 5.97 Å². The number of halogens is 1. The van der Waals surface area contributed by atoms with Crippen LogP contribution in [0.2, 0.25) is 5.02 Å². The number of fused-ring (bicyclic) bond motifs is 1. The molecule has 0 bridgehead atoms. The molecule has 3 aromatic carbocycles. The van der Waals surface area contributed by atoms with E-state index in [-0.39, 0.29) is 24.3 Å². The highest BCUT2D eigenvalue weighted by Crippen LogP contribution is 2.37. The lowest BCUT2D eigenvalue weighted by Crippen LogP contribution is -2.40. The molecule has 4 aromatic rings. The third-order valence-corrected chi connectivity index (χ3v) is 8.04. The maximum atomic E-state index is 14.2. The molecule has 1 atom stereocenters. The van der Waals surface area contributed by atoms with Gasteiger partial charge in [-0.1, -0.05) is 78.1 Å². The van der Waals surface area contributed by atoms with E-state index in [1.54, 1.807) is 35.8 Å². The molecule has 0 N–H and O–H groups in total. The summed E-state index contributed by atoms with van der Waals surface area (Å²) in [7, 11) is 1.52. The molecule has 0 amide bonds.